The lowest BCUT2D eigenvalue weighted by molar-refractivity contribution is 0.0962. The quantitative estimate of drug-likeness (QED) is 0.423. The van der Waals surface area contributed by atoms with Crippen molar-refractivity contribution in [2.24, 2.45) is 0 Å². The van der Waals surface area contributed by atoms with Gasteiger partial charge in [0.1, 0.15) is 4.21 Å². The van der Waals surface area contributed by atoms with Gasteiger partial charge in [0.25, 0.3) is 15.9 Å². The molecular formula is C17H12Cl3N3O3S2. The number of amides is 1. The number of thiophene rings is 1. The first-order chi connectivity index (χ1) is 13.3. The maximum Gasteiger partial charge on any atom is 0.271 e. The Morgan fingerprint density at radius 2 is 1.61 bits per heavy atom. The minimum absolute atomic E-state index is 0.204. The van der Waals surface area contributed by atoms with E-state index >= 15 is 0 Å². The van der Waals surface area contributed by atoms with Crippen LogP contribution in [0.4, 0.5) is 11.4 Å². The molecule has 0 aliphatic heterocycles. The molecule has 11 heteroatoms. The Hall–Kier alpha value is -1.97. The van der Waals surface area contributed by atoms with Gasteiger partial charge in [0.2, 0.25) is 0 Å². The summed E-state index contributed by atoms with van der Waals surface area (Å²) in [6.45, 7) is 0. The van der Waals surface area contributed by atoms with E-state index in [9.17, 15) is 13.2 Å². The summed E-state index contributed by atoms with van der Waals surface area (Å²) in [6.07, 6.45) is 0. The molecule has 1 heterocycles. The summed E-state index contributed by atoms with van der Waals surface area (Å²) in [4.78, 5) is 12.3. The van der Waals surface area contributed by atoms with E-state index in [4.69, 9.17) is 34.8 Å². The van der Waals surface area contributed by atoms with E-state index < -0.39 is 15.9 Å². The van der Waals surface area contributed by atoms with Crippen LogP contribution in [0.5, 0.6) is 0 Å². The number of rotatable bonds is 6. The maximum atomic E-state index is 12.3. The first-order valence-electron chi connectivity index (χ1n) is 7.63. The number of benzene rings is 2. The van der Waals surface area contributed by atoms with E-state index in [1.54, 1.807) is 11.4 Å². The number of nitrogens with one attached hydrogen (secondary N) is 3. The predicted molar refractivity (Wildman–Crippen MR) is 114 cm³/mol. The second kappa shape index (κ2) is 8.59. The van der Waals surface area contributed by atoms with E-state index in [0.29, 0.717) is 22.0 Å². The smallest absolute Gasteiger partial charge is 0.271 e. The molecular weight excluding hydrogens is 465 g/mol. The van der Waals surface area contributed by atoms with E-state index in [2.05, 4.69) is 15.6 Å². The number of hydrogen-bond donors (Lipinski definition) is 3. The van der Waals surface area contributed by atoms with Crippen LogP contribution in [0.25, 0.3) is 0 Å². The van der Waals surface area contributed by atoms with E-state index in [1.807, 2.05) is 0 Å². The van der Waals surface area contributed by atoms with Crippen LogP contribution in [-0.4, -0.2) is 14.3 Å². The predicted octanol–water partition coefficient (Wildman–Crippen LogP) is 5.27. The summed E-state index contributed by atoms with van der Waals surface area (Å²) in [5.74, 6) is -0.463. The summed E-state index contributed by atoms with van der Waals surface area (Å²) in [5.41, 5.74) is 6.06. The van der Waals surface area contributed by atoms with Gasteiger partial charge in [-0.05, 0) is 47.8 Å². The van der Waals surface area contributed by atoms with Crippen molar-refractivity contribution in [3.05, 3.63) is 74.5 Å². The molecule has 0 saturated carbocycles. The highest BCUT2D eigenvalue weighted by Crippen LogP contribution is 2.33. The normalized spacial score (nSPS) is 11.1. The van der Waals surface area contributed by atoms with Crippen LogP contribution < -0.4 is 15.6 Å². The van der Waals surface area contributed by atoms with Gasteiger partial charge in [-0.1, -0.05) is 40.9 Å². The lowest BCUT2D eigenvalue weighted by Gasteiger charge is -2.12. The Morgan fingerprint density at radius 1 is 0.964 bits per heavy atom. The Morgan fingerprint density at radius 3 is 2.18 bits per heavy atom. The molecule has 1 amide bonds. The van der Waals surface area contributed by atoms with Crippen molar-refractivity contribution in [2.75, 3.05) is 10.1 Å². The molecule has 2 aromatic carbocycles. The Bertz CT molecular complexity index is 1080. The van der Waals surface area contributed by atoms with Crippen LogP contribution in [-0.2, 0) is 10.0 Å². The fourth-order valence-corrected chi connectivity index (χ4v) is 5.13. The van der Waals surface area contributed by atoms with Gasteiger partial charge < -0.3 is 0 Å². The molecule has 6 nitrogen and oxygen atoms in total. The minimum Gasteiger partial charge on any atom is -0.295 e. The van der Waals surface area contributed by atoms with Crippen LogP contribution in [0.15, 0.2) is 58.1 Å². The van der Waals surface area contributed by atoms with Crippen molar-refractivity contribution in [2.45, 2.75) is 4.21 Å². The third-order valence-electron chi connectivity index (χ3n) is 3.47. The molecule has 0 aliphatic carbocycles. The molecule has 28 heavy (non-hydrogen) atoms. The SMILES string of the molecule is O=C(NNc1c(Cl)cc(Cl)cc1Cl)c1ccc(NS(=O)(=O)c2cccs2)cc1. The molecule has 3 N–H and O–H groups in total. The van der Waals surface area contributed by atoms with Gasteiger partial charge in [0.05, 0.1) is 15.7 Å². The number of carbonyl (C=O) groups is 1. The molecule has 0 fully saturated rings. The Labute approximate surface area is 180 Å². The fourth-order valence-electron chi connectivity index (χ4n) is 2.16. The highest BCUT2D eigenvalue weighted by Gasteiger charge is 2.15. The zero-order valence-corrected chi connectivity index (χ0v) is 17.8. The highest BCUT2D eigenvalue weighted by molar-refractivity contribution is 7.94. The van der Waals surface area contributed by atoms with E-state index in [1.165, 1.54) is 42.5 Å². The number of halogens is 3. The average Bonchev–Trinajstić information content (AvgIpc) is 3.16. The third-order valence-corrected chi connectivity index (χ3v) is 7.06. The maximum absolute atomic E-state index is 12.3. The standard InChI is InChI=1S/C17H12Cl3N3O3S2/c18-11-8-13(19)16(14(20)9-11)21-22-17(24)10-3-5-12(6-4-10)23-28(25,26)15-2-1-7-27-15/h1-9,21,23H,(H,22,24). The van der Waals surface area contributed by atoms with Crippen LogP contribution in [0.1, 0.15) is 10.4 Å². The molecule has 0 unspecified atom stereocenters. The second-order valence-corrected chi connectivity index (χ2v) is 9.55. The number of carbonyl (C=O) groups excluding carboxylic acids is 1. The molecule has 0 saturated heterocycles. The van der Waals surface area contributed by atoms with Crippen LogP contribution in [0.3, 0.4) is 0 Å². The number of anilines is 2. The molecule has 0 bridgehead atoms. The van der Waals surface area contributed by atoms with Crippen molar-refractivity contribution in [3.63, 3.8) is 0 Å². The molecule has 0 spiro atoms. The van der Waals surface area contributed by atoms with Crippen LogP contribution in [0.2, 0.25) is 15.1 Å². The van der Waals surface area contributed by atoms with Gasteiger partial charge in [-0.3, -0.25) is 20.4 Å². The lowest BCUT2D eigenvalue weighted by Crippen LogP contribution is -2.29. The van der Waals surface area contributed by atoms with Gasteiger partial charge in [0, 0.05) is 16.3 Å². The third kappa shape index (κ3) is 4.89. The first kappa shape index (κ1) is 20.8. The summed E-state index contributed by atoms with van der Waals surface area (Å²) >= 11 is 19.0. The zero-order valence-electron chi connectivity index (χ0n) is 13.9. The van der Waals surface area contributed by atoms with Crippen molar-refractivity contribution in [1.29, 1.82) is 0 Å². The average molecular weight is 477 g/mol. The topological polar surface area (TPSA) is 87.3 Å². The van der Waals surface area contributed by atoms with Crippen LogP contribution in [0, 0.1) is 0 Å². The number of hydrogen-bond acceptors (Lipinski definition) is 5. The fraction of sp³-hybridized carbons (Fsp3) is 0. The summed E-state index contributed by atoms with van der Waals surface area (Å²) in [6, 6.07) is 12.1. The van der Waals surface area contributed by atoms with Crippen molar-refractivity contribution in [3.8, 4) is 0 Å². The van der Waals surface area contributed by atoms with Crippen molar-refractivity contribution < 1.29 is 13.2 Å². The second-order valence-electron chi connectivity index (χ2n) is 5.44. The van der Waals surface area contributed by atoms with E-state index in [-0.39, 0.29) is 14.3 Å². The highest BCUT2D eigenvalue weighted by atomic mass is 35.5. The largest absolute Gasteiger partial charge is 0.295 e. The van der Waals surface area contributed by atoms with Gasteiger partial charge in [-0.2, -0.15) is 0 Å². The summed E-state index contributed by atoms with van der Waals surface area (Å²) in [5, 5.41) is 2.54. The molecule has 1 aromatic heterocycles. The lowest BCUT2D eigenvalue weighted by atomic mass is 10.2. The molecule has 3 aromatic rings. The zero-order chi connectivity index (χ0) is 20.3. The van der Waals surface area contributed by atoms with Crippen molar-refractivity contribution in [1.82, 2.24) is 5.43 Å². The van der Waals surface area contributed by atoms with E-state index in [0.717, 1.165) is 11.3 Å². The Balaban J connectivity index is 1.66. The van der Waals surface area contributed by atoms with Gasteiger partial charge >= 0.3 is 0 Å². The number of sulfonamides is 1. The monoisotopic (exact) mass is 475 g/mol. The first-order valence-corrected chi connectivity index (χ1v) is 11.1. The molecule has 3 rings (SSSR count). The van der Waals surface area contributed by atoms with Crippen molar-refractivity contribution >= 4 is 73.4 Å². The van der Waals surface area contributed by atoms with Gasteiger partial charge in [-0.15, -0.1) is 11.3 Å². The summed E-state index contributed by atoms with van der Waals surface area (Å²) in [7, 11) is -3.65. The van der Waals surface area contributed by atoms with Gasteiger partial charge in [0.15, 0.2) is 0 Å². The number of hydrazine groups is 1. The molecule has 0 aliphatic rings. The molecule has 0 atom stereocenters. The van der Waals surface area contributed by atoms with Crippen LogP contribution >= 0.6 is 46.1 Å². The minimum atomic E-state index is -3.65. The Kier molecular flexibility index (Phi) is 6.36. The molecule has 146 valence electrons. The molecule has 0 radical (unpaired) electrons. The summed E-state index contributed by atoms with van der Waals surface area (Å²) < 4.78 is 27.1. The van der Waals surface area contributed by atoms with Gasteiger partial charge in [-0.25, -0.2) is 8.42 Å².